The van der Waals surface area contributed by atoms with Gasteiger partial charge in [-0.2, -0.15) is 4.31 Å². The van der Waals surface area contributed by atoms with Crippen molar-refractivity contribution < 1.29 is 22.7 Å². The monoisotopic (exact) mass is 328 g/mol. The van der Waals surface area contributed by atoms with Gasteiger partial charge < -0.3 is 10.1 Å². The highest BCUT2D eigenvalue weighted by molar-refractivity contribution is 7.88. The van der Waals surface area contributed by atoms with E-state index < -0.39 is 21.9 Å². The Kier molecular flexibility index (Phi) is 6.07. The van der Waals surface area contributed by atoms with Crippen LogP contribution in [0.4, 0.5) is 5.69 Å². The zero-order chi connectivity index (χ0) is 16.9. The van der Waals surface area contributed by atoms with Gasteiger partial charge in [0.2, 0.25) is 15.9 Å². The fraction of sp³-hybridized carbons (Fsp3) is 0.429. The van der Waals surface area contributed by atoms with E-state index in [1.54, 1.807) is 26.0 Å². The third-order valence-corrected chi connectivity index (χ3v) is 4.29. The predicted octanol–water partition coefficient (Wildman–Crippen LogP) is 1.08. The summed E-state index contributed by atoms with van der Waals surface area (Å²) in [6.45, 7) is 3.12. The van der Waals surface area contributed by atoms with E-state index in [-0.39, 0.29) is 12.6 Å². The quantitative estimate of drug-likeness (QED) is 0.789. The van der Waals surface area contributed by atoms with Gasteiger partial charge in [-0.05, 0) is 38.1 Å². The maximum absolute atomic E-state index is 11.9. The molecule has 0 atom stereocenters. The largest absolute Gasteiger partial charge is 0.465 e. The second-order valence-corrected chi connectivity index (χ2v) is 6.95. The zero-order valence-corrected chi connectivity index (χ0v) is 13.8. The molecule has 22 heavy (non-hydrogen) atoms. The lowest BCUT2D eigenvalue weighted by Crippen LogP contribution is -2.41. The fourth-order valence-electron chi connectivity index (χ4n) is 1.83. The van der Waals surface area contributed by atoms with Crippen molar-refractivity contribution in [1.29, 1.82) is 0 Å². The first-order chi connectivity index (χ1) is 10.1. The Morgan fingerprint density at radius 2 is 1.77 bits per heavy atom. The summed E-state index contributed by atoms with van der Waals surface area (Å²) in [6.07, 6.45) is 1.06. The minimum Gasteiger partial charge on any atom is -0.465 e. The summed E-state index contributed by atoms with van der Waals surface area (Å²) in [7, 11) is -2.18. The number of sulfonamides is 1. The lowest BCUT2D eigenvalue weighted by Gasteiger charge is -2.23. The maximum atomic E-state index is 11.9. The molecule has 1 amide bonds. The second-order valence-electron chi connectivity index (χ2n) is 5.02. The SMILES string of the molecule is COC(=O)c1ccc(NC(=O)CN(C(C)C)S(C)(=O)=O)cc1. The molecule has 1 aromatic rings. The molecule has 0 fully saturated rings. The molecule has 0 spiro atoms. The van der Waals surface area contributed by atoms with E-state index in [1.165, 1.54) is 19.2 Å². The van der Waals surface area contributed by atoms with Crippen LogP contribution in [0.1, 0.15) is 24.2 Å². The number of methoxy groups -OCH3 is 1. The molecule has 1 aromatic carbocycles. The molecule has 0 aliphatic heterocycles. The van der Waals surface area contributed by atoms with Gasteiger partial charge >= 0.3 is 5.97 Å². The van der Waals surface area contributed by atoms with Crippen LogP contribution in [0.5, 0.6) is 0 Å². The molecule has 0 radical (unpaired) electrons. The Hall–Kier alpha value is -1.93. The summed E-state index contributed by atoms with van der Waals surface area (Å²) in [5.41, 5.74) is 0.829. The Bertz CT molecular complexity index is 638. The maximum Gasteiger partial charge on any atom is 0.337 e. The van der Waals surface area contributed by atoms with Crippen LogP contribution in [0.25, 0.3) is 0 Å². The number of rotatable bonds is 6. The van der Waals surface area contributed by atoms with Gasteiger partial charge in [0.25, 0.3) is 0 Å². The number of anilines is 1. The van der Waals surface area contributed by atoms with Gasteiger partial charge in [-0.3, -0.25) is 4.79 Å². The zero-order valence-electron chi connectivity index (χ0n) is 13.0. The standard InChI is InChI=1S/C14H20N2O5S/c1-10(2)16(22(4,19)20)9-13(17)15-12-7-5-11(6-8-12)14(18)21-3/h5-8,10H,9H2,1-4H3,(H,15,17). The van der Waals surface area contributed by atoms with Crippen molar-refractivity contribution in [3.05, 3.63) is 29.8 Å². The van der Waals surface area contributed by atoms with Crippen LogP contribution in [-0.4, -0.2) is 50.6 Å². The molecule has 0 heterocycles. The van der Waals surface area contributed by atoms with Crippen LogP contribution >= 0.6 is 0 Å². The minimum atomic E-state index is -3.46. The molecule has 8 heteroatoms. The number of esters is 1. The summed E-state index contributed by atoms with van der Waals surface area (Å²) in [6, 6.07) is 5.80. The third kappa shape index (κ3) is 5.12. The molecule has 1 N–H and O–H groups in total. The van der Waals surface area contributed by atoms with Crippen LogP contribution < -0.4 is 5.32 Å². The Balaban J connectivity index is 2.74. The number of amides is 1. The molecule has 0 saturated carbocycles. The lowest BCUT2D eigenvalue weighted by atomic mass is 10.2. The van der Waals surface area contributed by atoms with Gasteiger partial charge in [0.1, 0.15) is 0 Å². The van der Waals surface area contributed by atoms with Gasteiger partial charge in [0.05, 0.1) is 25.5 Å². The first kappa shape index (κ1) is 18.1. The van der Waals surface area contributed by atoms with Crippen molar-refractivity contribution in [3.63, 3.8) is 0 Å². The smallest absolute Gasteiger partial charge is 0.337 e. The Labute approximate surface area is 130 Å². The van der Waals surface area contributed by atoms with Crippen LogP contribution in [-0.2, 0) is 19.6 Å². The van der Waals surface area contributed by atoms with E-state index in [9.17, 15) is 18.0 Å². The normalized spacial score (nSPS) is 11.5. The Morgan fingerprint density at radius 1 is 1.23 bits per heavy atom. The third-order valence-electron chi connectivity index (χ3n) is 2.89. The Morgan fingerprint density at radius 3 is 2.18 bits per heavy atom. The summed E-state index contributed by atoms with van der Waals surface area (Å²) in [5, 5.41) is 2.59. The van der Waals surface area contributed by atoms with E-state index in [1.807, 2.05) is 0 Å². The van der Waals surface area contributed by atoms with Crippen molar-refractivity contribution in [1.82, 2.24) is 4.31 Å². The molecule has 0 aromatic heterocycles. The molecule has 122 valence electrons. The van der Waals surface area contributed by atoms with Crippen LogP contribution in [0, 0.1) is 0 Å². The first-order valence-electron chi connectivity index (χ1n) is 6.60. The van der Waals surface area contributed by atoms with Crippen LogP contribution in [0.2, 0.25) is 0 Å². The van der Waals surface area contributed by atoms with Crippen molar-refractivity contribution >= 4 is 27.6 Å². The summed E-state index contributed by atoms with van der Waals surface area (Å²) >= 11 is 0. The van der Waals surface area contributed by atoms with Crippen molar-refractivity contribution in [2.24, 2.45) is 0 Å². The highest BCUT2D eigenvalue weighted by atomic mass is 32.2. The van der Waals surface area contributed by atoms with Crippen molar-refractivity contribution in [2.45, 2.75) is 19.9 Å². The minimum absolute atomic E-state index is 0.269. The summed E-state index contributed by atoms with van der Waals surface area (Å²) < 4.78 is 28.9. The molecular formula is C14H20N2O5S. The molecule has 0 unspecified atom stereocenters. The number of carbonyl (C=O) groups excluding carboxylic acids is 2. The number of hydrogen-bond acceptors (Lipinski definition) is 5. The van der Waals surface area contributed by atoms with Crippen LogP contribution in [0.3, 0.4) is 0 Å². The lowest BCUT2D eigenvalue weighted by molar-refractivity contribution is -0.116. The molecule has 0 aliphatic rings. The average molecular weight is 328 g/mol. The summed E-state index contributed by atoms with van der Waals surface area (Å²) in [5.74, 6) is -0.925. The highest BCUT2D eigenvalue weighted by Crippen LogP contribution is 2.11. The number of hydrogen-bond donors (Lipinski definition) is 1. The van der Waals surface area contributed by atoms with Gasteiger partial charge in [0, 0.05) is 11.7 Å². The molecule has 0 aliphatic carbocycles. The molecular weight excluding hydrogens is 308 g/mol. The van der Waals surface area contributed by atoms with Gasteiger partial charge in [-0.15, -0.1) is 0 Å². The summed E-state index contributed by atoms with van der Waals surface area (Å²) in [4.78, 5) is 23.2. The van der Waals surface area contributed by atoms with Gasteiger partial charge in [-0.25, -0.2) is 13.2 Å². The van der Waals surface area contributed by atoms with E-state index in [0.29, 0.717) is 11.3 Å². The van der Waals surface area contributed by atoms with Gasteiger partial charge in [0.15, 0.2) is 0 Å². The van der Waals surface area contributed by atoms with E-state index in [4.69, 9.17) is 0 Å². The highest BCUT2D eigenvalue weighted by Gasteiger charge is 2.23. The predicted molar refractivity (Wildman–Crippen MR) is 83.1 cm³/mol. The van der Waals surface area contributed by atoms with E-state index >= 15 is 0 Å². The van der Waals surface area contributed by atoms with Gasteiger partial charge in [-0.1, -0.05) is 0 Å². The molecule has 0 saturated heterocycles. The van der Waals surface area contributed by atoms with Crippen molar-refractivity contribution in [3.8, 4) is 0 Å². The fourth-order valence-corrected chi connectivity index (χ4v) is 2.95. The van der Waals surface area contributed by atoms with Crippen molar-refractivity contribution in [2.75, 3.05) is 25.2 Å². The topological polar surface area (TPSA) is 92.8 Å². The molecule has 0 bridgehead atoms. The molecule has 7 nitrogen and oxygen atoms in total. The first-order valence-corrected chi connectivity index (χ1v) is 8.45. The number of ether oxygens (including phenoxy) is 1. The molecule has 1 rings (SSSR count). The van der Waals surface area contributed by atoms with E-state index in [2.05, 4.69) is 10.1 Å². The van der Waals surface area contributed by atoms with E-state index in [0.717, 1.165) is 10.6 Å². The number of nitrogens with one attached hydrogen (secondary N) is 1. The number of carbonyl (C=O) groups is 2. The number of nitrogens with zero attached hydrogens (tertiary/aromatic N) is 1. The van der Waals surface area contributed by atoms with Crippen LogP contribution in [0.15, 0.2) is 24.3 Å². The second kappa shape index (κ2) is 7.37. The average Bonchev–Trinajstić information content (AvgIpc) is 2.43. The number of benzene rings is 1.